The van der Waals surface area contributed by atoms with Crippen molar-refractivity contribution >= 4 is 31.5 Å². The quantitative estimate of drug-likeness (QED) is 0.235. The lowest BCUT2D eigenvalue weighted by Gasteiger charge is -2.39. The summed E-state index contributed by atoms with van der Waals surface area (Å²) >= 11 is 0. The number of fused-ring (bicyclic) bond motifs is 4. The SMILES string of the molecule is C.CS(=O)(=O)O.CS(=O)(=O)O.c1ccc(C2=c3cc4c5c(c3Oc3c2cc2c6c3CCCN6CCC2)CCC[N+]=5CCC4)cc1. The molecule has 0 bridgehead atoms. The number of nitrogens with zero attached hydrogens (tertiary/aromatic N) is 2. The van der Waals surface area contributed by atoms with E-state index in [4.69, 9.17) is 13.8 Å². The molecule has 0 unspecified atom stereocenters. The highest BCUT2D eigenvalue weighted by Crippen LogP contribution is 2.48. The summed E-state index contributed by atoms with van der Waals surface area (Å²) in [6.45, 7) is 4.77. The number of anilines is 1. The minimum absolute atomic E-state index is 0. The Morgan fingerprint density at radius 1 is 0.756 bits per heavy atom. The Bertz CT molecular complexity index is 1920. The maximum atomic E-state index is 9.19. The van der Waals surface area contributed by atoms with Gasteiger partial charge in [-0.2, -0.15) is 16.8 Å². The van der Waals surface area contributed by atoms with Gasteiger partial charge in [0.15, 0.2) is 0 Å². The summed E-state index contributed by atoms with van der Waals surface area (Å²) in [7, 11) is -7.33. The highest BCUT2D eigenvalue weighted by atomic mass is 32.2. The zero-order chi connectivity index (χ0) is 31.2. The van der Waals surface area contributed by atoms with Gasteiger partial charge in [0.1, 0.15) is 24.6 Å². The monoisotopic (exact) mass is 655 g/mol. The van der Waals surface area contributed by atoms with E-state index in [0.717, 1.165) is 24.3 Å². The highest BCUT2D eigenvalue weighted by Gasteiger charge is 2.35. The first-order valence-electron chi connectivity index (χ1n) is 15.2. The third-order valence-corrected chi connectivity index (χ3v) is 8.75. The molecule has 8 rings (SSSR count). The molecule has 0 spiro atoms. The number of benzene rings is 3. The van der Waals surface area contributed by atoms with Crippen molar-refractivity contribution in [3.05, 3.63) is 86.4 Å². The van der Waals surface area contributed by atoms with Crippen molar-refractivity contribution < 1.29 is 30.7 Å². The zero-order valence-electron chi connectivity index (χ0n) is 25.2. The van der Waals surface area contributed by atoms with E-state index in [1.165, 1.54) is 120 Å². The molecule has 45 heavy (non-hydrogen) atoms. The van der Waals surface area contributed by atoms with Gasteiger partial charge in [-0.05, 0) is 61.8 Å². The first-order valence-corrected chi connectivity index (χ1v) is 18.9. The molecular weight excluding hydrogens is 613 g/mol. The van der Waals surface area contributed by atoms with Gasteiger partial charge in [0.05, 0.1) is 18.1 Å². The van der Waals surface area contributed by atoms with Crippen LogP contribution in [0.5, 0.6) is 11.5 Å². The van der Waals surface area contributed by atoms with Gasteiger partial charge in [0, 0.05) is 59.1 Å². The van der Waals surface area contributed by atoms with Crippen molar-refractivity contribution in [2.75, 3.05) is 43.6 Å². The fourth-order valence-electron chi connectivity index (χ4n) is 7.43. The minimum Gasteiger partial charge on any atom is -0.455 e. The Hall–Kier alpha value is -3.25. The molecule has 9 nitrogen and oxygen atoms in total. The van der Waals surface area contributed by atoms with Gasteiger partial charge in [0.25, 0.3) is 20.2 Å². The van der Waals surface area contributed by atoms with Crippen LogP contribution in [0, 0.1) is 0 Å². The van der Waals surface area contributed by atoms with E-state index in [-0.39, 0.29) is 7.43 Å². The van der Waals surface area contributed by atoms with Crippen molar-refractivity contribution in [2.24, 2.45) is 0 Å². The van der Waals surface area contributed by atoms with Crippen LogP contribution in [0.25, 0.3) is 5.57 Å². The molecule has 3 aromatic rings. The Labute approximate surface area is 266 Å². The second-order valence-electron chi connectivity index (χ2n) is 12.2. The number of rotatable bonds is 1. The van der Waals surface area contributed by atoms with Gasteiger partial charge < -0.3 is 9.64 Å². The molecule has 0 radical (unpaired) electrons. The molecule has 242 valence electrons. The van der Waals surface area contributed by atoms with Crippen molar-refractivity contribution in [3.63, 3.8) is 0 Å². The summed E-state index contributed by atoms with van der Waals surface area (Å²) in [6.07, 6.45) is 11.0. The van der Waals surface area contributed by atoms with E-state index >= 15 is 0 Å². The van der Waals surface area contributed by atoms with Crippen molar-refractivity contribution in [3.8, 4) is 11.5 Å². The van der Waals surface area contributed by atoms with Crippen LogP contribution >= 0.6 is 0 Å². The Balaban J connectivity index is 0.000000321. The molecule has 0 saturated heterocycles. The second kappa shape index (κ2) is 12.9. The summed E-state index contributed by atoms with van der Waals surface area (Å²) in [4.78, 5) is 2.64. The molecule has 0 aromatic heterocycles. The maximum Gasteiger partial charge on any atom is 0.261 e. The topological polar surface area (TPSA) is 124 Å². The predicted octanol–water partition coefficient (Wildman–Crippen LogP) is 3.77. The van der Waals surface area contributed by atoms with Crippen LogP contribution in [0.4, 0.5) is 5.69 Å². The summed E-state index contributed by atoms with van der Waals surface area (Å²) in [5, 5.41) is 2.83. The normalized spacial score (nSPS) is 17.4. The Morgan fingerprint density at radius 3 is 2.00 bits per heavy atom. The number of hydrogen-bond acceptors (Lipinski definition) is 6. The average molecular weight is 656 g/mol. The average Bonchev–Trinajstić information content (AvgIpc) is 2.96. The molecule has 5 heterocycles. The van der Waals surface area contributed by atoms with Gasteiger partial charge in [-0.25, -0.2) is 4.58 Å². The van der Waals surface area contributed by atoms with E-state index in [1.807, 2.05) is 0 Å². The lowest BCUT2D eigenvalue weighted by atomic mass is 9.83. The van der Waals surface area contributed by atoms with Gasteiger partial charge in [-0.1, -0.05) is 37.8 Å². The number of ether oxygens (including phenoxy) is 1. The second-order valence-corrected chi connectivity index (χ2v) is 15.1. The summed E-state index contributed by atoms with van der Waals surface area (Å²) in [5.41, 5.74) is 11.5. The van der Waals surface area contributed by atoms with Gasteiger partial charge in [-0.15, -0.1) is 0 Å². The molecule has 11 heteroatoms. The Morgan fingerprint density at radius 2 is 1.33 bits per heavy atom. The largest absolute Gasteiger partial charge is 0.455 e. The van der Waals surface area contributed by atoms with Crippen molar-refractivity contribution in [2.45, 2.75) is 58.8 Å². The smallest absolute Gasteiger partial charge is 0.261 e. The standard InChI is InChI=1S/C31H31N2O.2CH4O3S.CH4/c1-2-8-20(9-3-1)27-25-18-21-10-4-14-32-16-6-12-23(28(21)32)30(25)34-31-24-13-7-17-33-15-5-11-22(29(24)33)19-26(27)31;2*1-5(2,3)4;/h1-3,8-9,18-19H,4-7,10-17H2;2*1H3,(H,2,3,4);1H4/q+1;;;. The van der Waals surface area contributed by atoms with Crippen molar-refractivity contribution in [1.82, 2.24) is 4.58 Å². The summed E-state index contributed by atoms with van der Waals surface area (Å²) in [6, 6.07) is 16.1. The van der Waals surface area contributed by atoms with Crippen LogP contribution in [0.15, 0.2) is 42.5 Å². The van der Waals surface area contributed by atoms with Crippen LogP contribution in [0.1, 0.15) is 66.5 Å². The molecule has 0 saturated carbocycles. The highest BCUT2D eigenvalue weighted by molar-refractivity contribution is 7.85. The van der Waals surface area contributed by atoms with E-state index in [2.05, 4.69) is 51.9 Å². The number of hydrogen-bond donors (Lipinski definition) is 2. The van der Waals surface area contributed by atoms with Crippen LogP contribution in [-0.4, -0.2) is 64.6 Å². The minimum atomic E-state index is -3.67. The first kappa shape index (κ1) is 33.1. The molecule has 5 aliphatic rings. The van der Waals surface area contributed by atoms with Crippen LogP contribution in [-0.2, 0) is 45.9 Å². The molecule has 2 N–H and O–H groups in total. The van der Waals surface area contributed by atoms with E-state index in [9.17, 15) is 16.8 Å². The van der Waals surface area contributed by atoms with E-state index in [0.29, 0.717) is 12.5 Å². The van der Waals surface area contributed by atoms with E-state index < -0.39 is 20.2 Å². The van der Waals surface area contributed by atoms with Gasteiger partial charge in [-0.3, -0.25) is 9.11 Å². The summed E-state index contributed by atoms with van der Waals surface area (Å²) < 4.78 is 61.5. The molecule has 0 atom stereocenters. The van der Waals surface area contributed by atoms with Crippen LogP contribution in [0.2, 0.25) is 0 Å². The number of aryl methyl sites for hydroxylation is 2. The molecular formula is C34H43N2O7S2+. The van der Waals surface area contributed by atoms with Crippen molar-refractivity contribution in [1.29, 1.82) is 0 Å². The maximum absolute atomic E-state index is 9.19. The zero-order valence-corrected chi connectivity index (χ0v) is 26.8. The van der Waals surface area contributed by atoms with Gasteiger partial charge in [0.2, 0.25) is 5.36 Å². The third kappa shape index (κ3) is 7.11. The lowest BCUT2D eigenvalue weighted by molar-refractivity contribution is 0.431. The molecule has 3 aromatic carbocycles. The predicted molar refractivity (Wildman–Crippen MR) is 178 cm³/mol. The molecule has 5 aliphatic heterocycles. The fourth-order valence-corrected chi connectivity index (χ4v) is 7.43. The molecule has 0 fully saturated rings. The van der Waals surface area contributed by atoms with Crippen LogP contribution in [0.3, 0.4) is 0 Å². The first-order chi connectivity index (χ1) is 20.9. The summed E-state index contributed by atoms with van der Waals surface area (Å²) in [5.74, 6) is 2.31. The molecule has 0 amide bonds. The lowest BCUT2D eigenvalue weighted by Crippen LogP contribution is -2.45. The van der Waals surface area contributed by atoms with E-state index in [1.54, 1.807) is 0 Å². The fraction of sp³-hybridized carbons (Fsp3) is 0.441. The molecule has 0 aliphatic carbocycles. The Kier molecular flexibility index (Phi) is 9.47. The van der Waals surface area contributed by atoms with Crippen LogP contribution < -0.4 is 24.8 Å². The third-order valence-electron chi connectivity index (χ3n) is 8.75. The van der Waals surface area contributed by atoms with Gasteiger partial charge >= 0.3 is 0 Å².